The summed E-state index contributed by atoms with van der Waals surface area (Å²) >= 11 is 1.12. The first-order valence-corrected chi connectivity index (χ1v) is 9.64. The Kier molecular flexibility index (Phi) is 8.06. The van der Waals surface area contributed by atoms with E-state index in [0.717, 1.165) is 30.2 Å². The first-order chi connectivity index (χ1) is 13.0. The topological polar surface area (TPSA) is 101 Å². The molecule has 0 saturated carbocycles. The number of thioether (sulfide) groups is 1. The van der Waals surface area contributed by atoms with Gasteiger partial charge in [0.1, 0.15) is 0 Å². The maximum absolute atomic E-state index is 12.3. The van der Waals surface area contributed by atoms with Crippen LogP contribution in [0, 0.1) is 0 Å². The van der Waals surface area contributed by atoms with Crippen molar-refractivity contribution in [2.45, 2.75) is 37.4 Å². The maximum Gasteiger partial charge on any atom is 0.311 e. The van der Waals surface area contributed by atoms with Crippen molar-refractivity contribution in [2.75, 3.05) is 12.9 Å². The van der Waals surface area contributed by atoms with Gasteiger partial charge in [-0.05, 0) is 12.0 Å². The first-order valence-electron chi connectivity index (χ1n) is 8.66. The largest absolute Gasteiger partial charge is 0.469 e. The zero-order valence-corrected chi connectivity index (χ0v) is 16.2. The Hall–Kier alpha value is -2.61. The monoisotopic (exact) mass is 389 g/mol. The zero-order chi connectivity index (χ0) is 19.6. The number of esters is 1. The second-order valence-corrected chi connectivity index (χ2v) is 6.87. The van der Waals surface area contributed by atoms with Crippen molar-refractivity contribution < 1.29 is 14.3 Å². The van der Waals surface area contributed by atoms with Crippen molar-refractivity contribution in [1.29, 1.82) is 0 Å². The third-order valence-corrected chi connectivity index (χ3v) is 4.65. The van der Waals surface area contributed by atoms with Crippen LogP contribution < -0.4 is 10.9 Å². The number of carbonyl (C=O) groups excluding carboxylic acids is 2. The highest BCUT2D eigenvalue weighted by Crippen LogP contribution is 2.19. The maximum atomic E-state index is 12.3. The number of ether oxygens (including phenoxy) is 1. The van der Waals surface area contributed by atoms with Gasteiger partial charge in [-0.15, -0.1) is 0 Å². The molecular formula is C19H23N3O4S. The number of aromatic amines is 1. The highest BCUT2D eigenvalue weighted by atomic mass is 32.2. The summed E-state index contributed by atoms with van der Waals surface area (Å²) in [4.78, 5) is 42.2. The molecule has 1 atom stereocenters. The van der Waals surface area contributed by atoms with Gasteiger partial charge >= 0.3 is 5.97 Å². The molecule has 0 bridgehead atoms. The van der Waals surface area contributed by atoms with E-state index < -0.39 is 5.97 Å². The van der Waals surface area contributed by atoms with Crippen LogP contribution in [-0.4, -0.2) is 34.7 Å². The fourth-order valence-corrected chi connectivity index (χ4v) is 3.23. The normalized spacial score (nSPS) is 11.6. The van der Waals surface area contributed by atoms with E-state index in [-0.39, 0.29) is 29.7 Å². The van der Waals surface area contributed by atoms with Crippen LogP contribution in [0.25, 0.3) is 0 Å². The van der Waals surface area contributed by atoms with Crippen molar-refractivity contribution >= 4 is 23.6 Å². The van der Waals surface area contributed by atoms with Crippen LogP contribution in [0.4, 0.5) is 0 Å². The number of nitrogens with zero attached hydrogens (tertiary/aromatic N) is 1. The average molecular weight is 389 g/mol. The van der Waals surface area contributed by atoms with Gasteiger partial charge in [0.2, 0.25) is 5.91 Å². The number of hydrogen-bond donors (Lipinski definition) is 2. The van der Waals surface area contributed by atoms with Crippen LogP contribution in [0.2, 0.25) is 0 Å². The van der Waals surface area contributed by atoms with Gasteiger partial charge in [-0.1, -0.05) is 55.4 Å². The van der Waals surface area contributed by atoms with Gasteiger partial charge in [0.05, 0.1) is 31.0 Å². The molecule has 0 aliphatic rings. The molecule has 8 heteroatoms. The van der Waals surface area contributed by atoms with Gasteiger partial charge in [-0.3, -0.25) is 14.4 Å². The highest BCUT2D eigenvalue weighted by Gasteiger charge is 2.15. The SMILES string of the molecule is CCC[C@H](NC(=O)CSc1nc(CC(=O)OC)cc(=O)[nH]1)c1ccccc1. The highest BCUT2D eigenvalue weighted by molar-refractivity contribution is 7.99. The van der Waals surface area contributed by atoms with Crippen LogP contribution in [0.5, 0.6) is 0 Å². The molecule has 2 rings (SSSR count). The molecule has 2 N–H and O–H groups in total. The number of H-pyrrole nitrogens is 1. The fourth-order valence-electron chi connectivity index (χ4n) is 2.53. The van der Waals surface area contributed by atoms with Crippen molar-refractivity contribution in [3.8, 4) is 0 Å². The van der Waals surface area contributed by atoms with Crippen LogP contribution in [0.1, 0.15) is 37.1 Å². The van der Waals surface area contributed by atoms with E-state index in [1.807, 2.05) is 30.3 Å². The minimum atomic E-state index is -0.480. The Bertz CT molecular complexity index is 823. The van der Waals surface area contributed by atoms with E-state index in [1.54, 1.807) is 0 Å². The minimum absolute atomic E-state index is 0.0537. The minimum Gasteiger partial charge on any atom is -0.469 e. The predicted octanol–water partition coefficient (Wildman–Crippen LogP) is 2.24. The van der Waals surface area contributed by atoms with Crippen molar-refractivity contribution in [3.63, 3.8) is 0 Å². The summed E-state index contributed by atoms with van der Waals surface area (Å²) in [5.41, 5.74) is 0.992. The smallest absolute Gasteiger partial charge is 0.311 e. The van der Waals surface area contributed by atoms with Crippen LogP contribution in [0.15, 0.2) is 46.3 Å². The summed E-state index contributed by atoms with van der Waals surface area (Å²) in [7, 11) is 1.27. The molecule has 7 nitrogen and oxygen atoms in total. The molecule has 0 aliphatic heterocycles. The van der Waals surface area contributed by atoms with Crippen LogP contribution in [0.3, 0.4) is 0 Å². The number of nitrogens with one attached hydrogen (secondary N) is 2. The standard InChI is InChI=1S/C19H23N3O4S/c1-3-7-15(13-8-5-4-6-9-13)21-17(24)12-27-19-20-14(10-16(23)22-19)11-18(25)26-2/h4-6,8-10,15H,3,7,11-12H2,1-2H3,(H,21,24)(H,20,22,23)/t15-/m0/s1. The molecule has 27 heavy (non-hydrogen) atoms. The van der Waals surface area contributed by atoms with Gasteiger partial charge in [0.15, 0.2) is 5.16 Å². The fraction of sp³-hybridized carbons (Fsp3) is 0.368. The number of aromatic nitrogens is 2. The lowest BCUT2D eigenvalue weighted by Gasteiger charge is -2.18. The summed E-state index contributed by atoms with van der Waals surface area (Å²) in [6.45, 7) is 2.07. The van der Waals surface area contributed by atoms with E-state index in [0.29, 0.717) is 10.9 Å². The number of benzene rings is 1. The van der Waals surface area contributed by atoms with Gasteiger partial charge in [0, 0.05) is 6.07 Å². The lowest BCUT2D eigenvalue weighted by atomic mass is 10.0. The molecule has 1 heterocycles. The molecule has 144 valence electrons. The van der Waals surface area contributed by atoms with Gasteiger partial charge in [0.25, 0.3) is 5.56 Å². The van der Waals surface area contributed by atoms with Crippen LogP contribution in [-0.2, 0) is 20.7 Å². The molecule has 0 fully saturated rings. The van der Waals surface area contributed by atoms with Crippen molar-refractivity contribution in [3.05, 3.63) is 58.0 Å². The summed E-state index contributed by atoms with van der Waals surface area (Å²) in [6, 6.07) is 11.0. The Morgan fingerprint density at radius 2 is 2.04 bits per heavy atom. The zero-order valence-electron chi connectivity index (χ0n) is 15.4. The van der Waals surface area contributed by atoms with E-state index in [4.69, 9.17) is 0 Å². The number of amides is 1. The number of methoxy groups -OCH3 is 1. The molecule has 2 aromatic rings. The van der Waals surface area contributed by atoms with Gasteiger partial charge < -0.3 is 15.0 Å². The lowest BCUT2D eigenvalue weighted by molar-refractivity contribution is -0.139. The quantitative estimate of drug-likeness (QED) is 0.387. The number of hydrogen-bond acceptors (Lipinski definition) is 6. The molecule has 1 aromatic carbocycles. The van der Waals surface area contributed by atoms with Crippen molar-refractivity contribution in [2.24, 2.45) is 0 Å². The lowest BCUT2D eigenvalue weighted by Crippen LogP contribution is -2.30. The second kappa shape index (κ2) is 10.5. The van der Waals surface area contributed by atoms with E-state index in [1.165, 1.54) is 13.2 Å². The molecule has 0 aliphatic carbocycles. The third kappa shape index (κ3) is 6.90. The van der Waals surface area contributed by atoms with Gasteiger partial charge in [-0.2, -0.15) is 0 Å². The summed E-state index contributed by atoms with van der Waals surface area (Å²) < 4.78 is 4.58. The van der Waals surface area contributed by atoms with Gasteiger partial charge in [-0.25, -0.2) is 4.98 Å². The molecule has 0 radical (unpaired) electrons. The first kappa shape index (κ1) is 20.7. The summed E-state index contributed by atoms with van der Waals surface area (Å²) in [6.07, 6.45) is 1.69. The van der Waals surface area contributed by atoms with E-state index in [9.17, 15) is 14.4 Å². The molecule has 0 spiro atoms. The van der Waals surface area contributed by atoms with Crippen LogP contribution >= 0.6 is 11.8 Å². The number of rotatable bonds is 9. The number of carbonyl (C=O) groups is 2. The molecule has 1 aromatic heterocycles. The molecule has 0 saturated heterocycles. The predicted molar refractivity (Wildman–Crippen MR) is 104 cm³/mol. The molecule has 1 amide bonds. The molecular weight excluding hydrogens is 366 g/mol. The average Bonchev–Trinajstić information content (AvgIpc) is 2.66. The molecule has 0 unspecified atom stereocenters. The second-order valence-electron chi connectivity index (χ2n) is 5.90. The summed E-state index contributed by atoms with van der Waals surface area (Å²) in [5.74, 6) is -0.520. The summed E-state index contributed by atoms with van der Waals surface area (Å²) in [5, 5.41) is 3.32. The Labute approximate surface area is 161 Å². The Balaban J connectivity index is 1.98. The van der Waals surface area contributed by atoms with E-state index >= 15 is 0 Å². The third-order valence-electron chi connectivity index (χ3n) is 3.78. The Morgan fingerprint density at radius 1 is 1.30 bits per heavy atom. The van der Waals surface area contributed by atoms with Crippen molar-refractivity contribution in [1.82, 2.24) is 15.3 Å². The Morgan fingerprint density at radius 3 is 2.70 bits per heavy atom. The van der Waals surface area contributed by atoms with E-state index in [2.05, 4.69) is 26.9 Å².